The van der Waals surface area contributed by atoms with Gasteiger partial charge in [-0.05, 0) is 141 Å². The van der Waals surface area contributed by atoms with Gasteiger partial charge in [0.1, 0.15) is 0 Å². The topological polar surface area (TPSA) is 3.24 Å². The molecule has 0 saturated heterocycles. The van der Waals surface area contributed by atoms with E-state index in [1.54, 1.807) is 0 Å². The standard InChI is InChI=1S/C53H41N/c1-34-31-46-49(32-35(34)2)53(47-21-13-11-19-44(47)45-20-12-14-22-48(45)53)52-37(4)36(3)33-50(51(46)52)54(42-27-23-40(24-28-42)38-15-7-5-8-16-38)43-29-25-41(26-30-43)39-17-9-6-10-18-39/h5-33H,1-4H3. The van der Waals surface area contributed by atoms with E-state index in [0.717, 1.165) is 11.4 Å². The highest BCUT2D eigenvalue weighted by Crippen LogP contribution is 2.66. The van der Waals surface area contributed by atoms with Crippen LogP contribution in [-0.2, 0) is 5.41 Å². The van der Waals surface area contributed by atoms with Crippen molar-refractivity contribution < 1.29 is 0 Å². The lowest BCUT2D eigenvalue weighted by atomic mass is 9.68. The van der Waals surface area contributed by atoms with Crippen molar-refractivity contribution in [3.63, 3.8) is 0 Å². The Hall–Kier alpha value is -6.44. The third kappa shape index (κ3) is 4.64. The van der Waals surface area contributed by atoms with E-state index in [-0.39, 0.29) is 0 Å². The zero-order valence-corrected chi connectivity index (χ0v) is 31.2. The predicted octanol–water partition coefficient (Wildman–Crippen LogP) is 14.1. The second-order valence-electron chi connectivity index (χ2n) is 15.1. The molecule has 8 aromatic carbocycles. The number of fused-ring (bicyclic) bond motifs is 10. The lowest BCUT2D eigenvalue weighted by Crippen LogP contribution is -2.27. The van der Waals surface area contributed by atoms with Crippen LogP contribution in [0.3, 0.4) is 0 Å². The van der Waals surface area contributed by atoms with Gasteiger partial charge in [0.25, 0.3) is 0 Å². The molecule has 0 atom stereocenters. The van der Waals surface area contributed by atoms with Gasteiger partial charge in [0.15, 0.2) is 0 Å². The fourth-order valence-corrected chi connectivity index (χ4v) is 9.37. The molecule has 1 nitrogen and oxygen atoms in total. The first-order chi connectivity index (χ1) is 26.4. The van der Waals surface area contributed by atoms with Gasteiger partial charge in [-0.1, -0.05) is 146 Å². The summed E-state index contributed by atoms with van der Waals surface area (Å²) in [5.41, 5.74) is 24.0. The minimum Gasteiger partial charge on any atom is -0.310 e. The fourth-order valence-electron chi connectivity index (χ4n) is 9.37. The molecule has 0 unspecified atom stereocenters. The Morgan fingerprint density at radius 3 is 1.33 bits per heavy atom. The highest BCUT2D eigenvalue weighted by Gasteiger charge is 2.53. The van der Waals surface area contributed by atoms with Crippen LogP contribution in [0.1, 0.15) is 44.5 Å². The number of rotatable bonds is 5. The molecule has 0 aliphatic heterocycles. The largest absolute Gasteiger partial charge is 0.310 e. The van der Waals surface area contributed by atoms with Crippen molar-refractivity contribution in [2.75, 3.05) is 4.90 Å². The van der Waals surface area contributed by atoms with Crippen LogP contribution in [0.15, 0.2) is 176 Å². The summed E-state index contributed by atoms with van der Waals surface area (Å²) >= 11 is 0. The minimum atomic E-state index is -0.429. The van der Waals surface area contributed by atoms with E-state index in [0.29, 0.717) is 0 Å². The van der Waals surface area contributed by atoms with Crippen LogP contribution < -0.4 is 4.90 Å². The normalized spacial score (nSPS) is 13.0. The third-order valence-corrected chi connectivity index (χ3v) is 12.2. The molecule has 1 heteroatoms. The highest BCUT2D eigenvalue weighted by atomic mass is 15.1. The van der Waals surface area contributed by atoms with Gasteiger partial charge < -0.3 is 4.90 Å². The highest BCUT2D eigenvalue weighted by molar-refractivity contribution is 6.02. The Balaban J connectivity index is 1.28. The molecule has 0 amide bonds. The molecule has 10 rings (SSSR count). The molecule has 2 aliphatic rings. The van der Waals surface area contributed by atoms with Gasteiger partial charge in [-0.15, -0.1) is 0 Å². The molecule has 0 radical (unpaired) electrons. The summed E-state index contributed by atoms with van der Waals surface area (Å²) < 4.78 is 0. The molecule has 0 saturated carbocycles. The smallest absolute Gasteiger partial charge is 0.0729 e. The molecule has 54 heavy (non-hydrogen) atoms. The van der Waals surface area contributed by atoms with Gasteiger partial charge in [-0.2, -0.15) is 0 Å². The number of aryl methyl sites for hydroxylation is 3. The number of benzene rings is 8. The first-order valence-electron chi connectivity index (χ1n) is 19.0. The summed E-state index contributed by atoms with van der Waals surface area (Å²) in [4.78, 5) is 2.50. The zero-order valence-electron chi connectivity index (χ0n) is 31.2. The summed E-state index contributed by atoms with van der Waals surface area (Å²) in [5.74, 6) is 0. The Bertz CT molecular complexity index is 2590. The number of anilines is 3. The third-order valence-electron chi connectivity index (χ3n) is 12.2. The van der Waals surface area contributed by atoms with Gasteiger partial charge in [0, 0.05) is 16.9 Å². The van der Waals surface area contributed by atoms with E-state index in [2.05, 4.69) is 209 Å². The van der Waals surface area contributed by atoms with E-state index in [1.165, 1.54) is 94.7 Å². The Morgan fingerprint density at radius 1 is 0.370 bits per heavy atom. The Morgan fingerprint density at radius 2 is 0.815 bits per heavy atom. The maximum absolute atomic E-state index is 2.50. The van der Waals surface area contributed by atoms with Crippen molar-refractivity contribution >= 4 is 17.1 Å². The van der Waals surface area contributed by atoms with Gasteiger partial charge in [0.2, 0.25) is 0 Å². The lowest BCUT2D eigenvalue weighted by molar-refractivity contribution is 0.783. The SMILES string of the molecule is Cc1cc2c(cc1C)C1(c3ccccc3-c3ccccc31)c1c(C)c(C)cc(N(c3ccc(-c4ccccc4)cc3)c3ccc(-c4ccccc4)cc3)c1-2. The van der Waals surface area contributed by atoms with E-state index in [4.69, 9.17) is 0 Å². The van der Waals surface area contributed by atoms with Crippen LogP contribution in [0.5, 0.6) is 0 Å². The van der Waals surface area contributed by atoms with Crippen molar-refractivity contribution in [2.45, 2.75) is 33.1 Å². The van der Waals surface area contributed by atoms with Crippen molar-refractivity contribution in [1.29, 1.82) is 0 Å². The maximum atomic E-state index is 2.50. The summed E-state index contributed by atoms with van der Waals surface area (Å²) in [5, 5.41) is 0. The summed E-state index contributed by atoms with van der Waals surface area (Å²) in [6.07, 6.45) is 0. The average Bonchev–Trinajstić information content (AvgIpc) is 3.68. The summed E-state index contributed by atoms with van der Waals surface area (Å²) in [6.45, 7) is 9.18. The predicted molar refractivity (Wildman–Crippen MR) is 227 cm³/mol. The summed E-state index contributed by atoms with van der Waals surface area (Å²) in [7, 11) is 0. The monoisotopic (exact) mass is 691 g/mol. The fraction of sp³-hybridized carbons (Fsp3) is 0.0943. The molecule has 0 fully saturated rings. The second kappa shape index (κ2) is 12.3. The number of hydrogen-bond donors (Lipinski definition) is 0. The van der Waals surface area contributed by atoms with E-state index in [9.17, 15) is 0 Å². The van der Waals surface area contributed by atoms with Crippen molar-refractivity contribution in [3.8, 4) is 44.5 Å². The van der Waals surface area contributed by atoms with Crippen LogP contribution in [0, 0.1) is 27.7 Å². The van der Waals surface area contributed by atoms with Crippen molar-refractivity contribution in [2.24, 2.45) is 0 Å². The zero-order chi connectivity index (χ0) is 36.6. The molecule has 0 heterocycles. The van der Waals surface area contributed by atoms with E-state index < -0.39 is 5.41 Å². The average molecular weight is 692 g/mol. The Labute approximate surface area is 318 Å². The van der Waals surface area contributed by atoms with Gasteiger partial charge in [0.05, 0.1) is 11.1 Å². The van der Waals surface area contributed by atoms with Crippen molar-refractivity contribution in [1.82, 2.24) is 0 Å². The number of hydrogen-bond acceptors (Lipinski definition) is 1. The molecular weight excluding hydrogens is 651 g/mol. The van der Waals surface area contributed by atoms with Crippen LogP contribution in [-0.4, -0.2) is 0 Å². The minimum absolute atomic E-state index is 0.429. The van der Waals surface area contributed by atoms with Crippen LogP contribution in [0.25, 0.3) is 44.5 Å². The van der Waals surface area contributed by atoms with Crippen LogP contribution in [0.2, 0.25) is 0 Å². The molecule has 0 aromatic heterocycles. The van der Waals surface area contributed by atoms with Crippen molar-refractivity contribution in [3.05, 3.63) is 220 Å². The van der Waals surface area contributed by atoms with E-state index in [1.807, 2.05) is 0 Å². The van der Waals surface area contributed by atoms with Gasteiger partial charge in [-0.3, -0.25) is 0 Å². The molecule has 2 aliphatic carbocycles. The molecular formula is C53H41N. The molecule has 1 spiro atoms. The summed E-state index contributed by atoms with van der Waals surface area (Å²) in [6, 6.07) is 65.2. The van der Waals surface area contributed by atoms with Crippen LogP contribution in [0.4, 0.5) is 17.1 Å². The molecule has 8 aromatic rings. The van der Waals surface area contributed by atoms with Gasteiger partial charge >= 0.3 is 0 Å². The quantitative estimate of drug-likeness (QED) is 0.174. The number of nitrogens with zero attached hydrogens (tertiary/aromatic N) is 1. The molecule has 258 valence electrons. The first kappa shape index (κ1) is 32.2. The lowest BCUT2D eigenvalue weighted by Gasteiger charge is -2.34. The Kier molecular flexibility index (Phi) is 7.35. The first-order valence-corrected chi connectivity index (χ1v) is 19.0. The van der Waals surface area contributed by atoms with Gasteiger partial charge in [-0.25, -0.2) is 0 Å². The second-order valence-corrected chi connectivity index (χ2v) is 15.1. The van der Waals surface area contributed by atoms with Crippen LogP contribution >= 0.6 is 0 Å². The molecule has 0 N–H and O–H groups in total. The van der Waals surface area contributed by atoms with E-state index >= 15 is 0 Å². The molecule has 0 bridgehead atoms. The maximum Gasteiger partial charge on any atom is 0.0729 e.